The molecule has 1 atom stereocenters. The maximum absolute atomic E-state index is 12.3. The Morgan fingerprint density at radius 1 is 1.43 bits per heavy atom. The van der Waals surface area contributed by atoms with Crippen molar-refractivity contribution in [1.29, 1.82) is 0 Å². The van der Waals surface area contributed by atoms with E-state index in [1.807, 2.05) is 20.8 Å². The Kier molecular flexibility index (Phi) is 3.24. The lowest BCUT2D eigenvalue weighted by Crippen LogP contribution is -2.45. The fourth-order valence-electron chi connectivity index (χ4n) is 2.58. The minimum atomic E-state index is -0.226. The van der Waals surface area contributed by atoms with Gasteiger partial charge in [0.1, 0.15) is 5.39 Å². The first-order chi connectivity index (χ1) is 9.88. The van der Waals surface area contributed by atoms with E-state index in [9.17, 15) is 4.79 Å². The second kappa shape index (κ2) is 4.84. The number of ether oxygens (including phenoxy) is 1. The van der Waals surface area contributed by atoms with E-state index < -0.39 is 0 Å². The van der Waals surface area contributed by atoms with E-state index in [4.69, 9.17) is 4.74 Å². The van der Waals surface area contributed by atoms with Crippen molar-refractivity contribution in [3.63, 3.8) is 0 Å². The van der Waals surface area contributed by atoms with Gasteiger partial charge in [0.2, 0.25) is 5.95 Å². The third-order valence-corrected chi connectivity index (χ3v) is 3.70. The standard InChI is InChI=1S/C14H21N5O2/c1-9-8-21-6-5-18(9)13-16-11-10(12(20)17-13)7-15-19(11)14(2,3)4/h7,9H,5-6,8H2,1-4H3,(H,16,17,20). The van der Waals surface area contributed by atoms with E-state index in [0.29, 0.717) is 30.2 Å². The van der Waals surface area contributed by atoms with Crippen LogP contribution in [0.1, 0.15) is 27.7 Å². The molecular weight excluding hydrogens is 270 g/mol. The third kappa shape index (κ3) is 2.42. The van der Waals surface area contributed by atoms with E-state index >= 15 is 0 Å². The van der Waals surface area contributed by atoms with Gasteiger partial charge in [0, 0.05) is 6.54 Å². The molecule has 3 rings (SSSR count). The van der Waals surface area contributed by atoms with Crippen molar-refractivity contribution in [1.82, 2.24) is 19.7 Å². The molecule has 0 bridgehead atoms. The molecule has 1 N–H and O–H groups in total. The summed E-state index contributed by atoms with van der Waals surface area (Å²) in [4.78, 5) is 21.9. The van der Waals surface area contributed by atoms with Crippen molar-refractivity contribution >= 4 is 17.0 Å². The zero-order chi connectivity index (χ0) is 15.2. The molecule has 114 valence electrons. The van der Waals surface area contributed by atoms with E-state index in [1.165, 1.54) is 0 Å². The van der Waals surface area contributed by atoms with Crippen molar-refractivity contribution < 1.29 is 4.74 Å². The van der Waals surface area contributed by atoms with E-state index in [1.54, 1.807) is 10.9 Å². The molecule has 2 aromatic heterocycles. The minimum absolute atomic E-state index is 0.149. The van der Waals surface area contributed by atoms with E-state index in [2.05, 4.69) is 26.9 Å². The fourth-order valence-corrected chi connectivity index (χ4v) is 2.58. The molecule has 1 saturated heterocycles. The van der Waals surface area contributed by atoms with Crippen LogP contribution >= 0.6 is 0 Å². The average Bonchev–Trinajstić information content (AvgIpc) is 2.83. The Balaban J connectivity index is 2.15. The summed E-state index contributed by atoms with van der Waals surface area (Å²) in [7, 11) is 0. The SMILES string of the molecule is CC1COCCN1c1nc2c(cnn2C(C)(C)C)c(=O)[nH]1. The van der Waals surface area contributed by atoms with E-state index in [-0.39, 0.29) is 17.1 Å². The first-order valence-corrected chi connectivity index (χ1v) is 7.21. The lowest BCUT2D eigenvalue weighted by molar-refractivity contribution is 0.0981. The number of fused-ring (bicyclic) bond motifs is 1. The first-order valence-electron chi connectivity index (χ1n) is 7.21. The summed E-state index contributed by atoms with van der Waals surface area (Å²) in [6.45, 7) is 10.2. The molecule has 1 unspecified atom stereocenters. The average molecular weight is 291 g/mol. The number of aromatic amines is 1. The molecule has 0 aliphatic carbocycles. The second-order valence-electron chi connectivity index (χ2n) is 6.47. The van der Waals surface area contributed by atoms with Gasteiger partial charge in [-0.3, -0.25) is 9.78 Å². The molecule has 0 saturated carbocycles. The number of H-pyrrole nitrogens is 1. The molecule has 1 aliphatic rings. The zero-order valence-corrected chi connectivity index (χ0v) is 12.9. The Morgan fingerprint density at radius 3 is 2.86 bits per heavy atom. The quantitative estimate of drug-likeness (QED) is 0.851. The van der Waals surface area contributed by atoms with Gasteiger partial charge in [0.15, 0.2) is 5.65 Å². The van der Waals surface area contributed by atoms with Crippen LogP contribution in [0.25, 0.3) is 11.0 Å². The highest BCUT2D eigenvalue weighted by Crippen LogP contribution is 2.21. The van der Waals surface area contributed by atoms with Crippen molar-refractivity contribution in [2.45, 2.75) is 39.3 Å². The lowest BCUT2D eigenvalue weighted by Gasteiger charge is -2.33. The van der Waals surface area contributed by atoms with Crippen molar-refractivity contribution in [2.75, 3.05) is 24.7 Å². The number of aromatic nitrogens is 4. The number of nitrogens with zero attached hydrogens (tertiary/aromatic N) is 4. The number of rotatable bonds is 1. The molecule has 0 amide bonds. The largest absolute Gasteiger partial charge is 0.377 e. The fraction of sp³-hybridized carbons (Fsp3) is 0.643. The van der Waals surface area contributed by atoms with Gasteiger partial charge < -0.3 is 9.64 Å². The molecule has 0 radical (unpaired) electrons. The lowest BCUT2D eigenvalue weighted by atomic mass is 10.1. The van der Waals surface area contributed by atoms with Gasteiger partial charge in [0.25, 0.3) is 5.56 Å². The second-order valence-corrected chi connectivity index (χ2v) is 6.47. The Labute approximate surface area is 122 Å². The predicted octanol–water partition coefficient (Wildman–Crippen LogP) is 1.10. The Hall–Kier alpha value is -1.89. The highest BCUT2D eigenvalue weighted by Gasteiger charge is 2.24. The molecule has 3 heterocycles. The van der Waals surface area contributed by atoms with Crippen LogP contribution in [0, 0.1) is 0 Å². The molecule has 7 heteroatoms. The van der Waals surface area contributed by atoms with E-state index in [0.717, 1.165) is 6.54 Å². The van der Waals surface area contributed by atoms with Gasteiger partial charge in [-0.25, -0.2) is 4.68 Å². The highest BCUT2D eigenvalue weighted by molar-refractivity contribution is 5.74. The molecule has 1 aliphatic heterocycles. The van der Waals surface area contributed by atoms with Crippen LogP contribution in [0.4, 0.5) is 5.95 Å². The molecule has 21 heavy (non-hydrogen) atoms. The first kappa shape index (κ1) is 14.1. The minimum Gasteiger partial charge on any atom is -0.377 e. The molecule has 2 aromatic rings. The molecule has 0 aromatic carbocycles. The highest BCUT2D eigenvalue weighted by atomic mass is 16.5. The van der Waals surface area contributed by atoms with Crippen molar-refractivity contribution in [2.24, 2.45) is 0 Å². The number of nitrogens with one attached hydrogen (secondary N) is 1. The van der Waals surface area contributed by atoms with Gasteiger partial charge >= 0.3 is 0 Å². The number of anilines is 1. The van der Waals surface area contributed by atoms with Crippen molar-refractivity contribution in [3.8, 4) is 0 Å². The number of hydrogen-bond donors (Lipinski definition) is 1. The van der Waals surface area contributed by atoms with Crippen LogP contribution in [0.5, 0.6) is 0 Å². The zero-order valence-electron chi connectivity index (χ0n) is 12.9. The number of morpholine rings is 1. The van der Waals surface area contributed by atoms with Crippen LogP contribution in [0.2, 0.25) is 0 Å². The van der Waals surface area contributed by atoms with Gasteiger partial charge in [0.05, 0.1) is 31.0 Å². The summed E-state index contributed by atoms with van der Waals surface area (Å²) >= 11 is 0. The summed E-state index contributed by atoms with van der Waals surface area (Å²) in [6, 6.07) is 0.186. The third-order valence-electron chi connectivity index (χ3n) is 3.70. The molecule has 7 nitrogen and oxygen atoms in total. The molecular formula is C14H21N5O2. The summed E-state index contributed by atoms with van der Waals surface area (Å²) < 4.78 is 7.23. The van der Waals surface area contributed by atoms with Gasteiger partial charge in [-0.05, 0) is 27.7 Å². The summed E-state index contributed by atoms with van der Waals surface area (Å²) in [6.07, 6.45) is 1.58. The molecule has 1 fully saturated rings. The van der Waals surface area contributed by atoms with Crippen molar-refractivity contribution in [3.05, 3.63) is 16.6 Å². The number of hydrogen-bond acceptors (Lipinski definition) is 5. The van der Waals surface area contributed by atoms with Crippen LogP contribution in [-0.2, 0) is 10.3 Å². The summed E-state index contributed by atoms with van der Waals surface area (Å²) in [5.74, 6) is 0.592. The summed E-state index contributed by atoms with van der Waals surface area (Å²) in [5.41, 5.74) is 0.250. The topological polar surface area (TPSA) is 76.0 Å². The smallest absolute Gasteiger partial charge is 0.263 e. The van der Waals surface area contributed by atoms with Crippen LogP contribution in [0.3, 0.4) is 0 Å². The Bertz CT molecular complexity index is 712. The van der Waals surface area contributed by atoms with Crippen LogP contribution in [-0.4, -0.2) is 45.5 Å². The normalized spacial score (nSPS) is 20.2. The van der Waals surface area contributed by atoms with Crippen LogP contribution in [0.15, 0.2) is 11.0 Å². The summed E-state index contributed by atoms with van der Waals surface area (Å²) in [5, 5.41) is 4.85. The van der Waals surface area contributed by atoms with Crippen LogP contribution < -0.4 is 10.5 Å². The van der Waals surface area contributed by atoms with Gasteiger partial charge in [-0.15, -0.1) is 0 Å². The van der Waals surface area contributed by atoms with Gasteiger partial charge in [-0.2, -0.15) is 10.1 Å². The maximum atomic E-state index is 12.3. The monoisotopic (exact) mass is 291 g/mol. The maximum Gasteiger partial charge on any atom is 0.263 e. The van der Waals surface area contributed by atoms with Gasteiger partial charge in [-0.1, -0.05) is 0 Å². The Morgan fingerprint density at radius 2 is 2.19 bits per heavy atom. The predicted molar refractivity (Wildman–Crippen MR) is 80.8 cm³/mol. The molecule has 0 spiro atoms.